The van der Waals surface area contributed by atoms with Crippen molar-refractivity contribution in [2.45, 2.75) is 32.4 Å². The minimum Gasteiger partial charge on any atom is -0.490 e. The third-order valence-electron chi connectivity index (χ3n) is 3.83. The number of aliphatic imine (C=N–C) groups is 1. The van der Waals surface area contributed by atoms with Gasteiger partial charge in [0.2, 0.25) is 0 Å². The number of fused-ring (bicyclic) bond motifs is 1. The van der Waals surface area contributed by atoms with Crippen LogP contribution in [0, 0.1) is 0 Å². The molecule has 0 saturated carbocycles. The Balaban J connectivity index is 0.00000338. The summed E-state index contributed by atoms with van der Waals surface area (Å²) in [5, 5.41) is 6.44. The highest BCUT2D eigenvalue weighted by Gasteiger charge is 2.15. The molecule has 0 bridgehead atoms. The second-order valence-electron chi connectivity index (χ2n) is 6.18. The second-order valence-corrected chi connectivity index (χ2v) is 8.44. The summed E-state index contributed by atoms with van der Waals surface area (Å²) in [6.07, 6.45) is 2.63. The van der Waals surface area contributed by atoms with E-state index in [0.717, 1.165) is 23.5 Å². The van der Waals surface area contributed by atoms with Gasteiger partial charge in [-0.05, 0) is 19.4 Å². The Hall–Kier alpha value is -1.23. The number of ether oxygens (including phenoxy) is 2. The van der Waals surface area contributed by atoms with Crippen molar-refractivity contribution in [2.24, 2.45) is 4.99 Å². The number of hydrogen-bond donors (Lipinski definition) is 2. The van der Waals surface area contributed by atoms with Crippen LogP contribution in [-0.4, -0.2) is 52.7 Å². The molecule has 7 nitrogen and oxygen atoms in total. The van der Waals surface area contributed by atoms with Gasteiger partial charge < -0.3 is 20.1 Å². The molecular formula is C17H28IN3O4S. The Kier molecular flexibility index (Phi) is 9.48. The molecule has 0 aliphatic carbocycles. The van der Waals surface area contributed by atoms with Crippen LogP contribution >= 0.6 is 24.0 Å². The number of guanidine groups is 1. The summed E-state index contributed by atoms with van der Waals surface area (Å²) in [5.41, 5.74) is 0.992. The summed E-state index contributed by atoms with van der Waals surface area (Å²) < 4.78 is 34.0. The predicted molar refractivity (Wildman–Crippen MR) is 115 cm³/mol. The van der Waals surface area contributed by atoms with E-state index in [4.69, 9.17) is 9.47 Å². The molecule has 1 aromatic carbocycles. The molecule has 1 aromatic rings. The Morgan fingerprint density at radius 2 is 2.04 bits per heavy atom. The topological polar surface area (TPSA) is 89.0 Å². The minimum atomic E-state index is -2.96. The van der Waals surface area contributed by atoms with Crippen LogP contribution in [0.4, 0.5) is 0 Å². The Labute approximate surface area is 172 Å². The molecule has 9 heteroatoms. The molecule has 0 saturated heterocycles. The van der Waals surface area contributed by atoms with E-state index in [1.807, 2.05) is 25.1 Å². The zero-order valence-corrected chi connectivity index (χ0v) is 18.6. The van der Waals surface area contributed by atoms with Crippen molar-refractivity contribution in [3.8, 4) is 11.5 Å². The first-order chi connectivity index (χ1) is 11.9. The van der Waals surface area contributed by atoms with E-state index in [2.05, 4.69) is 15.6 Å². The van der Waals surface area contributed by atoms with Crippen molar-refractivity contribution in [3.05, 3.63) is 23.8 Å². The zero-order valence-electron chi connectivity index (χ0n) is 15.4. The molecule has 0 amide bonds. The summed E-state index contributed by atoms with van der Waals surface area (Å²) in [5.74, 6) is 2.30. The first kappa shape index (κ1) is 22.8. The van der Waals surface area contributed by atoms with Gasteiger partial charge in [-0.3, -0.25) is 4.99 Å². The maximum absolute atomic E-state index is 11.3. The first-order valence-electron chi connectivity index (χ1n) is 8.41. The molecule has 1 atom stereocenters. The van der Waals surface area contributed by atoms with E-state index in [1.54, 1.807) is 7.05 Å². The summed E-state index contributed by atoms with van der Waals surface area (Å²) in [6.45, 7) is 3.76. The molecule has 1 aliphatic rings. The summed E-state index contributed by atoms with van der Waals surface area (Å²) in [4.78, 5) is 4.19. The van der Waals surface area contributed by atoms with Crippen LogP contribution in [0.15, 0.2) is 23.2 Å². The maximum Gasteiger partial charge on any atom is 0.191 e. The lowest BCUT2D eigenvalue weighted by atomic mass is 10.2. The molecule has 0 aromatic heterocycles. The normalized spacial score (nSPS) is 15.4. The van der Waals surface area contributed by atoms with Crippen LogP contribution in [0.1, 0.15) is 25.3 Å². The number of nitrogens with one attached hydrogen (secondary N) is 2. The van der Waals surface area contributed by atoms with Crippen molar-refractivity contribution < 1.29 is 17.9 Å². The summed E-state index contributed by atoms with van der Waals surface area (Å²) in [7, 11) is -1.28. The standard InChI is InChI=1S/C17H27N3O4S.HI/c1-13(8-11-25(3,21)22)20-17(18-2)19-12-14-6-4-7-15-16(14)24-10-5-9-23-15;/h4,6-7,13H,5,8-12H2,1-3H3,(H2,18,19,20);1H. The van der Waals surface area contributed by atoms with Gasteiger partial charge in [-0.25, -0.2) is 8.42 Å². The van der Waals surface area contributed by atoms with E-state index in [1.165, 1.54) is 6.26 Å². The van der Waals surface area contributed by atoms with Crippen molar-refractivity contribution in [1.29, 1.82) is 0 Å². The van der Waals surface area contributed by atoms with Crippen LogP contribution in [0.5, 0.6) is 11.5 Å². The fraction of sp³-hybridized carbons (Fsp3) is 0.588. The van der Waals surface area contributed by atoms with Gasteiger partial charge in [-0.2, -0.15) is 0 Å². The molecule has 0 fully saturated rings. The van der Waals surface area contributed by atoms with Gasteiger partial charge in [0.15, 0.2) is 17.5 Å². The largest absolute Gasteiger partial charge is 0.490 e. The number of para-hydroxylation sites is 1. The fourth-order valence-electron chi connectivity index (χ4n) is 2.46. The Bertz CT molecular complexity index is 710. The number of nitrogens with zero attached hydrogens (tertiary/aromatic N) is 1. The number of rotatable bonds is 6. The maximum atomic E-state index is 11.3. The van der Waals surface area contributed by atoms with Gasteiger partial charge in [0.25, 0.3) is 0 Å². The average Bonchev–Trinajstić information content (AvgIpc) is 2.82. The van der Waals surface area contributed by atoms with Crippen LogP contribution in [0.2, 0.25) is 0 Å². The number of hydrogen-bond acceptors (Lipinski definition) is 5. The number of halogens is 1. The molecular weight excluding hydrogens is 469 g/mol. The highest BCUT2D eigenvalue weighted by atomic mass is 127. The van der Waals surface area contributed by atoms with E-state index < -0.39 is 9.84 Å². The Morgan fingerprint density at radius 1 is 1.31 bits per heavy atom. The van der Waals surface area contributed by atoms with E-state index in [-0.39, 0.29) is 35.8 Å². The quantitative estimate of drug-likeness (QED) is 0.355. The van der Waals surface area contributed by atoms with Crippen LogP contribution < -0.4 is 20.1 Å². The lowest BCUT2D eigenvalue weighted by molar-refractivity contribution is 0.296. The molecule has 0 radical (unpaired) electrons. The molecule has 1 heterocycles. The lowest BCUT2D eigenvalue weighted by Gasteiger charge is -2.19. The minimum absolute atomic E-state index is 0. The summed E-state index contributed by atoms with van der Waals surface area (Å²) in [6, 6.07) is 5.83. The predicted octanol–water partition coefficient (Wildman–Crippen LogP) is 1.95. The first-order valence-corrected chi connectivity index (χ1v) is 10.5. The van der Waals surface area contributed by atoms with Crippen LogP contribution in [-0.2, 0) is 16.4 Å². The molecule has 26 heavy (non-hydrogen) atoms. The van der Waals surface area contributed by atoms with Gasteiger partial charge in [0, 0.05) is 37.9 Å². The SMILES string of the molecule is CN=C(NCc1cccc2c1OCCCO2)NC(C)CCS(C)(=O)=O.I. The van der Waals surface area contributed by atoms with Crippen molar-refractivity contribution in [2.75, 3.05) is 32.3 Å². The molecule has 148 valence electrons. The lowest BCUT2D eigenvalue weighted by Crippen LogP contribution is -2.42. The van der Waals surface area contributed by atoms with Crippen molar-refractivity contribution in [1.82, 2.24) is 10.6 Å². The van der Waals surface area contributed by atoms with E-state index >= 15 is 0 Å². The number of benzene rings is 1. The van der Waals surface area contributed by atoms with Crippen LogP contribution in [0.25, 0.3) is 0 Å². The van der Waals surface area contributed by atoms with Crippen molar-refractivity contribution in [3.63, 3.8) is 0 Å². The third kappa shape index (κ3) is 7.56. The van der Waals surface area contributed by atoms with Gasteiger partial charge in [-0.15, -0.1) is 24.0 Å². The molecule has 1 unspecified atom stereocenters. The average molecular weight is 497 g/mol. The van der Waals surface area contributed by atoms with Gasteiger partial charge in [-0.1, -0.05) is 12.1 Å². The monoisotopic (exact) mass is 497 g/mol. The second kappa shape index (κ2) is 10.8. The van der Waals surface area contributed by atoms with Gasteiger partial charge in [0.1, 0.15) is 9.84 Å². The molecule has 1 aliphatic heterocycles. The van der Waals surface area contributed by atoms with E-state index in [9.17, 15) is 8.42 Å². The van der Waals surface area contributed by atoms with Crippen LogP contribution in [0.3, 0.4) is 0 Å². The molecule has 0 spiro atoms. The Morgan fingerprint density at radius 3 is 2.73 bits per heavy atom. The van der Waals surface area contributed by atoms with Gasteiger partial charge in [0.05, 0.1) is 19.0 Å². The number of sulfone groups is 1. The zero-order chi connectivity index (χ0) is 18.3. The van der Waals surface area contributed by atoms with Gasteiger partial charge >= 0.3 is 0 Å². The summed E-state index contributed by atoms with van der Waals surface area (Å²) >= 11 is 0. The molecule has 2 rings (SSSR count). The molecule has 2 N–H and O–H groups in total. The highest BCUT2D eigenvalue weighted by molar-refractivity contribution is 14.0. The fourth-order valence-corrected chi connectivity index (χ4v) is 3.24. The van der Waals surface area contributed by atoms with E-state index in [0.29, 0.717) is 32.1 Å². The smallest absolute Gasteiger partial charge is 0.191 e. The highest BCUT2D eigenvalue weighted by Crippen LogP contribution is 2.33. The third-order valence-corrected chi connectivity index (χ3v) is 4.81. The van der Waals surface area contributed by atoms with Crippen molar-refractivity contribution >= 4 is 39.8 Å².